The Morgan fingerprint density at radius 3 is 2.52 bits per heavy atom. The Morgan fingerprint density at radius 2 is 1.92 bits per heavy atom. The minimum absolute atomic E-state index is 0.276. The van der Waals surface area contributed by atoms with Gasteiger partial charge in [0, 0.05) is 31.3 Å². The van der Waals surface area contributed by atoms with E-state index in [2.05, 4.69) is 10.3 Å². The second-order valence-electron chi connectivity index (χ2n) is 6.03. The molecule has 0 aliphatic heterocycles. The predicted molar refractivity (Wildman–Crippen MR) is 94.6 cm³/mol. The van der Waals surface area contributed by atoms with Gasteiger partial charge in [-0.15, -0.1) is 0 Å². The molecule has 5 nitrogen and oxygen atoms in total. The number of carbonyl (C=O) groups excluding carboxylic acids is 2. The summed E-state index contributed by atoms with van der Waals surface area (Å²) in [5, 5.41) is 2.87. The fourth-order valence-electron chi connectivity index (χ4n) is 3.09. The number of ether oxygens (including phenoxy) is 1. The maximum absolute atomic E-state index is 12.6. The van der Waals surface area contributed by atoms with Crippen molar-refractivity contribution in [1.82, 2.24) is 10.3 Å². The van der Waals surface area contributed by atoms with Crippen LogP contribution in [0.5, 0.6) is 0 Å². The molecule has 3 rings (SSSR count). The Hall–Kier alpha value is -2.95. The molecule has 1 aliphatic rings. The number of fused-ring (bicyclic) bond motifs is 1. The Labute approximate surface area is 146 Å². The van der Waals surface area contributed by atoms with E-state index in [0.717, 1.165) is 16.7 Å². The van der Waals surface area contributed by atoms with Crippen LogP contribution in [0.4, 0.5) is 0 Å². The van der Waals surface area contributed by atoms with Crippen molar-refractivity contribution >= 4 is 18.0 Å². The van der Waals surface area contributed by atoms with Crippen molar-refractivity contribution < 1.29 is 14.3 Å². The van der Waals surface area contributed by atoms with Crippen molar-refractivity contribution in [3.63, 3.8) is 0 Å². The Bertz CT molecular complexity index is 775. The second kappa shape index (κ2) is 7.30. The van der Waals surface area contributed by atoms with Crippen LogP contribution >= 0.6 is 0 Å². The molecule has 1 heterocycles. The summed E-state index contributed by atoms with van der Waals surface area (Å²) in [6, 6.07) is 11.5. The monoisotopic (exact) mass is 336 g/mol. The zero-order chi connectivity index (χ0) is 17.7. The lowest BCUT2D eigenvalue weighted by molar-refractivity contribution is -0.152. The van der Waals surface area contributed by atoms with Gasteiger partial charge in [0.2, 0.25) is 5.91 Å². The van der Waals surface area contributed by atoms with Gasteiger partial charge in [-0.2, -0.15) is 0 Å². The highest BCUT2D eigenvalue weighted by Crippen LogP contribution is 2.31. The fourth-order valence-corrected chi connectivity index (χ4v) is 3.09. The van der Waals surface area contributed by atoms with Crippen LogP contribution in [0.1, 0.15) is 23.6 Å². The summed E-state index contributed by atoms with van der Waals surface area (Å²) >= 11 is 0. The topological polar surface area (TPSA) is 68.3 Å². The lowest BCUT2D eigenvalue weighted by Crippen LogP contribution is -2.55. The van der Waals surface area contributed by atoms with Crippen LogP contribution in [-0.2, 0) is 27.2 Å². The summed E-state index contributed by atoms with van der Waals surface area (Å²) in [5.74, 6) is -0.723. The highest BCUT2D eigenvalue weighted by Gasteiger charge is 2.46. The van der Waals surface area contributed by atoms with Crippen molar-refractivity contribution in [2.75, 3.05) is 6.61 Å². The van der Waals surface area contributed by atoms with Crippen LogP contribution in [0.15, 0.2) is 54.9 Å². The molecule has 0 spiro atoms. The van der Waals surface area contributed by atoms with Gasteiger partial charge in [0.15, 0.2) is 0 Å². The fraction of sp³-hybridized carbons (Fsp3) is 0.250. The second-order valence-corrected chi connectivity index (χ2v) is 6.03. The standard InChI is InChI=1S/C20H20N2O3/c1-2-25-19(24)20(12-16-7-3-4-8-17(16)13-20)22-18(23)10-9-15-6-5-11-21-14-15/h3-11,14H,2,12-13H2,1H3,(H,22,23). The third-order valence-corrected chi connectivity index (χ3v) is 4.24. The van der Waals surface area contributed by atoms with Crippen LogP contribution < -0.4 is 5.32 Å². The Balaban J connectivity index is 1.79. The average molecular weight is 336 g/mol. The molecule has 25 heavy (non-hydrogen) atoms. The van der Waals surface area contributed by atoms with Gasteiger partial charge in [-0.3, -0.25) is 9.78 Å². The largest absolute Gasteiger partial charge is 0.464 e. The highest BCUT2D eigenvalue weighted by atomic mass is 16.5. The molecular weight excluding hydrogens is 316 g/mol. The van der Waals surface area contributed by atoms with E-state index < -0.39 is 11.5 Å². The van der Waals surface area contributed by atoms with Gasteiger partial charge in [0.1, 0.15) is 5.54 Å². The predicted octanol–water partition coefficient (Wildman–Crippen LogP) is 2.31. The summed E-state index contributed by atoms with van der Waals surface area (Å²) in [6.45, 7) is 2.04. The normalized spacial score (nSPS) is 14.9. The number of hydrogen-bond acceptors (Lipinski definition) is 4. The number of nitrogens with one attached hydrogen (secondary N) is 1. The van der Waals surface area contributed by atoms with Crippen LogP contribution in [0, 0.1) is 0 Å². The molecule has 0 bridgehead atoms. The SMILES string of the molecule is CCOC(=O)C1(NC(=O)C=Cc2cccnc2)Cc2ccccc2C1. The quantitative estimate of drug-likeness (QED) is 0.672. The first kappa shape index (κ1) is 16.9. The van der Waals surface area contributed by atoms with E-state index >= 15 is 0 Å². The number of hydrogen-bond donors (Lipinski definition) is 1. The molecule has 1 N–H and O–H groups in total. The number of amides is 1. The van der Waals surface area contributed by atoms with E-state index in [1.807, 2.05) is 30.3 Å². The molecule has 0 unspecified atom stereocenters. The maximum atomic E-state index is 12.6. The molecule has 5 heteroatoms. The lowest BCUT2D eigenvalue weighted by atomic mass is 9.95. The van der Waals surface area contributed by atoms with E-state index in [1.54, 1.807) is 31.5 Å². The van der Waals surface area contributed by atoms with Crippen molar-refractivity contribution in [2.45, 2.75) is 25.3 Å². The maximum Gasteiger partial charge on any atom is 0.332 e. The van der Waals surface area contributed by atoms with Crippen molar-refractivity contribution in [2.24, 2.45) is 0 Å². The van der Waals surface area contributed by atoms with Crippen molar-refractivity contribution in [1.29, 1.82) is 0 Å². The van der Waals surface area contributed by atoms with Crippen LogP contribution in [-0.4, -0.2) is 29.0 Å². The summed E-state index contributed by atoms with van der Waals surface area (Å²) in [7, 11) is 0. The van der Waals surface area contributed by atoms with Gasteiger partial charge in [-0.25, -0.2) is 4.79 Å². The van der Waals surface area contributed by atoms with Gasteiger partial charge in [-0.1, -0.05) is 30.3 Å². The molecule has 2 aromatic rings. The first-order valence-corrected chi connectivity index (χ1v) is 8.27. The van der Waals surface area contributed by atoms with Gasteiger partial charge < -0.3 is 10.1 Å². The number of rotatable bonds is 5. The molecule has 1 amide bonds. The molecule has 0 atom stereocenters. The van der Waals surface area contributed by atoms with E-state index in [-0.39, 0.29) is 12.5 Å². The van der Waals surface area contributed by atoms with E-state index in [9.17, 15) is 9.59 Å². The Kier molecular flexibility index (Phi) is 4.93. The summed E-state index contributed by atoms with van der Waals surface area (Å²) in [5.41, 5.74) is 1.90. The number of pyridine rings is 1. The lowest BCUT2D eigenvalue weighted by Gasteiger charge is -2.27. The molecule has 1 aromatic heterocycles. The summed E-state index contributed by atoms with van der Waals surface area (Å²) in [4.78, 5) is 29.0. The van der Waals surface area contributed by atoms with Crippen LogP contribution in [0.25, 0.3) is 6.08 Å². The molecular formula is C20H20N2O3. The third-order valence-electron chi connectivity index (χ3n) is 4.24. The van der Waals surface area contributed by atoms with Crippen LogP contribution in [0.3, 0.4) is 0 Å². The van der Waals surface area contributed by atoms with E-state index in [1.165, 1.54) is 6.08 Å². The molecule has 0 saturated heterocycles. The number of nitrogens with zero attached hydrogens (tertiary/aromatic N) is 1. The zero-order valence-corrected chi connectivity index (χ0v) is 14.1. The number of benzene rings is 1. The van der Waals surface area contributed by atoms with Crippen LogP contribution in [0.2, 0.25) is 0 Å². The smallest absolute Gasteiger partial charge is 0.332 e. The van der Waals surface area contributed by atoms with Crippen molar-refractivity contribution in [3.8, 4) is 0 Å². The summed E-state index contributed by atoms with van der Waals surface area (Å²) < 4.78 is 5.24. The van der Waals surface area contributed by atoms with Gasteiger partial charge in [-0.05, 0) is 35.8 Å². The van der Waals surface area contributed by atoms with E-state index in [0.29, 0.717) is 12.8 Å². The third kappa shape index (κ3) is 3.76. The number of aromatic nitrogens is 1. The molecule has 128 valence electrons. The van der Waals surface area contributed by atoms with Gasteiger partial charge in [0.05, 0.1) is 6.61 Å². The Morgan fingerprint density at radius 1 is 1.20 bits per heavy atom. The molecule has 0 saturated carbocycles. The highest BCUT2D eigenvalue weighted by molar-refractivity contribution is 5.96. The molecule has 1 aromatic carbocycles. The minimum atomic E-state index is -1.05. The number of esters is 1. The first-order valence-electron chi connectivity index (χ1n) is 8.27. The minimum Gasteiger partial charge on any atom is -0.464 e. The first-order chi connectivity index (χ1) is 12.1. The van der Waals surface area contributed by atoms with E-state index in [4.69, 9.17) is 4.74 Å². The van der Waals surface area contributed by atoms with Crippen molar-refractivity contribution in [3.05, 3.63) is 71.6 Å². The van der Waals surface area contributed by atoms with Gasteiger partial charge >= 0.3 is 5.97 Å². The van der Waals surface area contributed by atoms with Gasteiger partial charge in [0.25, 0.3) is 0 Å². The summed E-state index contributed by atoms with van der Waals surface area (Å²) in [6.07, 6.45) is 7.30. The molecule has 1 aliphatic carbocycles. The molecule has 0 fully saturated rings. The number of carbonyl (C=O) groups is 2. The average Bonchev–Trinajstić information content (AvgIpc) is 3.00. The molecule has 0 radical (unpaired) electrons. The zero-order valence-electron chi connectivity index (χ0n) is 14.1.